The average molecular weight is 240 g/mol. The lowest BCUT2D eigenvalue weighted by atomic mass is 10.2. The van der Waals surface area contributed by atoms with Crippen LogP contribution < -0.4 is 5.14 Å². The topological polar surface area (TPSA) is 110 Å². The van der Waals surface area contributed by atoms with Gasteiger partial charge in [-0.3, -0.25) is 0 Å². The van der Waals surface area contributed by atoms with Crippen LogP contribution in [0.15, 0.2) is 29.2 Å². The highest BCUT2D eigenvalue weighted by Gasteiger charge is 2.12. The lowest BCUT2D eigenvalue weighted by Gasteiger charge is -2.02. The predicted octanol–water partition coefficient (Wildman–Crippen LogP) is 0.0144. The molecule has 0 saturated carbocycles. The molecule has 0 bridgehead atoms. The van der Waals surface area contributed by atoms with Crippen molar-refractivity contribution in [3.05, 3.63) is 29.8 Å². The van der Waals surface area contributed by atoms with Crippen molar-refractivity contribution in [2.45, 2.75) is 4.90 Å². The van der Waals surface area contributed by atoms with E-state index in [1.807, 2.05) is 0 Å². The standard InChI is InChI=1S/C9H8N2O4S/c10-4-5-15-9(12)7-2-1-3-8(6-7)16(11,13)14/h1-3,6H,5H2,(H2,11,13,14). The van der Waals surface area contributed by atoms with Crippen LogP contribution in [-0.2, 0) is 14.8 Å². The number of ether oxygens (including phenoxy) is 1. The van der Waals surface area contributed by atoms with Gasteiger partial charge in [0.15, 0.2) is 6.61 Å². The highest BCUT2D eigenvalue weighted by molar-refractivity contribution is 7.89. The summed E-state index contributed by atoms with van der Waals surface area (Å²) in [5.74, 6) is -0.771. The first kappa shape index (κ1) is 12.2. The molecule has 0 atom stereocenters. The number of nitrogens with two attached hydrogens (primary N) is 1. The number of nitriles is 1. The molecule has 0 aliphatic heterocycles. The Morgan fingerprint density at radius 1 is 1.50 bits per heavy atom. The van der Waals surface area contributed by atoms with E-state index < -0.39 is 22.6 Å². The van der Waals surface area contributed by atoms with Gasteiger partial charge in [-0.2, -0.15) is 5.26 Å². The summed E-state index contributed by atoms with van der Waals surface area (Å²) in [7, 11) is -3.85. The molecule has 0 unspecified atom stereocenters. The fourth-order valence-corrected chi connectivity index (χ4v) is 1.54. The second-order valence-electron chi connectivity index (χ2n) is 2.81. The number of carbonyl (C=O) groups is 1. The fourth-order valence-electron chi connectivity index (χ4n) is 0.981. The molecule has 2 N–H and O–H groups in total. The van der Waals surface area contributed by atoms with E-state index >= 15 is 0 Å². The summed E-state index contributed by atoms with van der Waals surface area (Å²) in [5, 5.41) is 13.1. The van der Waals surface area contributed by atoms with E-state index in [4.69, 9.17) is 10.4 Å². The second kappa shape index (κ2) is 4.74. The van der Waals surface area contributed by atoms with Gasteiger partial charge >= 0.3 is 5.97 Å². The van der Waals surface area contributed by atoms with Gasteiger partial charge in [0.2, 0.25) is 10.0 Å². The number of hydrogen-bond donors (Lipinski definition) is 1. The Balaban J connectivity index is 3.01. The van der Waals surface area contributed by atoms with Crippen LogP contribution in [0.3, 0.4) is 0 Å². The molecule has 0 spiro atoms. The van der Waals surface area contributed by atoms with Gasteiger partial charge in [-0.1, -0.05) is 6.07 Å². The molecule has 0 aromatic heterocycles. The first-order valence-electron chi connectivity index (χ1n) is 4.12. The summed E-state index contributed by atoms with van der Waals surface area (Å²) >= 11 is 0. The van der Waals surface area contributed by atoms with E-state index in [0.717, 1.165) is 6.07 Å². The molecule has 0 aliphatic rings. The van der Waals surface area contributed by atoms with Crippen molar-refractivity contribution < 1.29 is 17.9 Å². The lowest BCUT2D eigenvalue weighted by Crippen LogP contribution is -2.13. The van der Waals surface area contributed by atoms with Crippen LogP contribution in [0.4, 0.5) is 0 Å². The lowest BCUT2D eigenvalue weighted by molar-refractivity contribution is 0.0554. The molecular formula is C9H8N2O4S. The maximum atomic E-state index is 11.3. The minimum absolute atomic E-state index is 0.0294. The van der Waals surface area contributed by atoms with Crippen LogP contribution in [0, 0.1) is 11.3 Å². The Morgan fingerprint density at radius 3 is 2.75 bits per heavy atom. The normalized spacial score (nSPS) is 10.5. The quantitative estimate of drug-likeness (QED) is 0.748. The Kier molecular flexibility index (Phi) is 3.60. The van der Waals surface area contributed by atoms with Crippen molar-refractivity contribution >= 4 is 16.0 Å². The Bertz CT molecular complexity index is 545. The number of primary sulfonamides is 1. The van der Waals surface area contributed by atoms with E-state index in [-0.39, 0.29) is 10.5 Å². The first-order chi connectivity index (χ1) is 7.45. The number of nitrogens with zero attached hydrogens (tertiary/aromatic N) is 1. The number of benzene rings is 1. The van der Waals surface area contributed by atoms with E-state index in [2.05, 4.69) is 4.74 Å². The molecule has 1 aromatic carbocycles. The van der Waals surface area contributed by atoms with Gasteiger partial charge in [-0.15, -0.1) is 0 Å². The molecule has 6 nitrogen and oxygen atoms in total. The van der Waals surface area contributed by atoms with Gasteiger partial charge in [0, 0.05) is 0 Å². The van der Waals surface area contributed by atoms with Gasteiger partial charge < -0.3 is 4.74 Å². The summed E-state index contributed by atoms with van der Waals surface area (Å²) in [5.41, 5.74) is 0.0294. The molecule has 1 rings (SSSR count). The summed E-state index contributed by atoms with van der Waals surface area (Å²) in [6, 6.07) is 6.71. The van der Waals surface area contributed by atoms with Gasteiger partial charge in [0.1, 0.15) is 6.07 Å². The van der Waals surface area contributed by atoms with Crippen LogP contribution in [0.2, 0.25) is 0 Å². The molecule has 7 heteroatoms. The van der Waals surface area contributed by atoms with Crippen molar-refractivity contribution in [2.75, 3.05) is 6.61 Å². The third-order valence-electron chi connectivity index (χ3n) is 1.67. The van der Waals surface area contributed by atoms with Crippen LogP contribution in [-0.4, -0.2) is 21.0 Å². The number of esters is 1. The second-order valence-corrected chi connectivity index (χ2v) is 4.37. The molecule has 0 heterocycles. The smallest absolute Gasteiger partial charge is 0.339 e. The zero-order chi connectivity index (χ0) is 12.2. The van der Waals surface area contributed by atoms with Gasteiger partial charge in [0.25, 0.3) is 0 Å². The largest absolute Gasteiger partial charge is 0.447 e. The third kappa shape index (κ3) is 3.05. The van der Waals surface area contributed by atoms with E-state index in [1.54, 1.807) is 6.07 Å². The van der Waals surface area contributed by atoms with Crippen molar-refractivity contribution in [2.24, 2.45) is 5.14 Å². The number of carbonyl (C=O) groups excluding carboxylic acids is 1. The van der Waals surface area contributed by atoms with E-state index in [0.29, 0.717) is 0 Å². The van der Waals surface area contributed by atoms with Gasteiger partial charge in [-0.25, -0.2) is 18.4 Å². The first-order valence-corrected chi connectivity index (χ1v) is 5.66. The minimum Gasteiger partial charge on any atom is -0.447 e. The summed E-state index contributed by atoms with van der Waals surface area (Å²) in [6.45, 7) is -0.390. The van der Waals surface area contributed by atoms with Gasteiger partial charge in [0.05, 0.1) is 10.5 Å². The van der Waals surface area contributed by atoms with Crippen molar-refractivity contribution in [3.8, 4) is 6.07 Å². The SMILES string of the molecule is N#CCOC(=O)c1cccc(S(N)(=O)=O)c1. The maximum absolute atomic E-state index is 11.3. The molecule has 0 fully saturated rings. The molecule has 0 aliphatic carbocycles. The van der Waals surface area contributed by atoms with Crippen LogP contribution in [0.5, 0.6) is 0 Å². The minimum atomic E-state index is -3.85. The third-order valence-corrected chi connectivity index (χ3v) is 2.58. The zero-order valence-electron chi connectivity index (χ0n) is 8.08. The van der Waals surface area contributed by atoms with Crippen molar-refractivity contribution in [1.82, 2.24) is 0 Å². The van der Waals surface area contributed by atoms with Crippen LogP contribution in [0.1, 0.15) is 10.4 Å². The van der Waals surface area contributed by atoms with Crippen LogP contribution >= 0.6 is 0 Å². The zero-order valence-corrected chi connectivity index (χ0v) is 8.90. The fraction of sp³-hybridized carbons (Fsp3) is 0.111. The van der Waals surface area contributed by atoms with Crippen molar-refractivity contribution in [1.29, 1.82) is 5.26 Å². The Morgan fingerprint density at radius 2 is 2.19 bits per heavy atom. The molecule has 1 aromatic rings. The monoisotopic (exact) mass is 240 g/mol. The average Bonchev–Trinajstić information content (AvgIpc) is 2.25. The number of sulfonamides is 1. The summed E-state index contributed by atoms with van der Waals surface area (Å²) in [4.78, 5) is 11.1. The van der Waals surface area contributed by atoms with E-state index in [9.17, 15) is 13.2 Å². The molecular weight excluding hydrogens is 232 g/mol. The molecule has 84 valence electrons. The number of rotatable bonds is 3. The van der Waals surface area contributed by atoms with Crippen molar-refractivity contribution in [3.63, 3.8) is 0 Å². The predicted molar refractivity (Wildman–Crippen MR) is 53.7 cm³/mol. The summed E-state index contributed by atoms with van der Waals surface area (Å²) < 4.78 is 26.5. The van der Waals surface area contributed by atoms with E-state index in [1.165, 1.54) is 18.2 Å². The number of hydrogen-bond acceptors (Lipinski definition) is 5. The molecule has 0 radical (unpaired) electrons. The molecule has 16 heavy (non-hydrogen) atoms. The maximum Gasteiger partial charge on any atom is 0.339 e. The molecule has 0 saturated heterocycles. The Labute approximate surface area is 92.3 Å². The van der Waals surface area contributed by atoms with Gasteiger partial charge in [-0.05, 0) is 18.2 Å². The highest BCUT2D eigenvalue weighted by Crippen LogP contribution is 2.10. The molecule has 0 amide bonds. The highest BCUT2D eigenvalue weighted by atomic mass is 32.2. The Hall–Kier alpha value is -1.91. The summed E-state index contributed by atoms with van der Waals surface area (Å²) in [6.07, 6.45) is 0. The van der Waals surface area contributed by atoms with Crippen LogP contribution in [0.25, 0.3) is 0 Å².